The fraction of sp³-hybridized carbons (Fsp3) is 0.353. The van der Waals surface area contributed by atoms with Gasteiger partial charge in [-0.15, -0.1) is 23.7 Å². The summed E-state index contributed by atoms with van der Waals surface area (Å²) in [5, 5.41) is 18.1. The van der Waals surface area contributed by atoms with Gasteiger partial charge in [-0.25, -0.2) is 9.78 Å². The number of aliphatic carboxylic acids is 1. The summed E-state index contributed by atoms with van der Waals surface area (Å²) in [6.07, 6.45) is 2.51. The van der Waals surface area contributed by atoms with Gasteiger partial charge >= 0.3 is 12.1 Å². The molecule has 0 aliphatic carbocycles. The fourth-order valence-corrected chi connectivity index (χ4v) is 2.80. The maximum Gasteiger partial charge on any atom is 0.490 e. The lowest BCUT2D eigenvalue weighted by molar-refractivity contribution is -0.192. The number of hydrogen-bond acceptors (Lipinski definition) is 6. The highest BCUT2D eigenvalue weighted by Gasteiger charge is 2.39. The molecule has 2 N–H and O–H groups in total. The van der Waals surface area contributed by atoms with Gasteiger partial charge in [-0.3, -0.25) is 4.79 Å². The molecule has 0 fully saturated rings. The van der Waals surface area contributed by atoms with E-state index in [1.807, 2.05) is 18.2 Å². The molecule has 2 heterocycles. The molecule has 1 aromatic heterocycles. The molecule has 0 bridgehead atoms. The Morgan fingerprint density at radius 2 is 1.96 bits per heavy atom. The van der Waals surface area contributed by atoms with Gasteiger partial charge in [-0.2, -0.15) is 23.4 Å². The highest BCUT2D eigenvalue weighted by atomic mass is 32.1. The number of hydrogen-bond donors (Lipinski definition) is 2. The number of anilines is 1. The lowest BCUT2D eigenvalue weighted by Gasteiger charge is -2.09. The predicted octanol–water partition coefficient (Wildman–Crippen LogP) is 4.22. The molecule has 0 atom stereocenters. The first-order chi connectivity index (χ1) is 13.1. The van der Waals surface area contributed by atoms with Crippen LogP contribution in [0, 0.1) is 12.3 Å². The van der Waals surface area contributed by atoms with Gasteiger partial charge in [-0.05, 0) is 18.2 Å². The number of carboxylic acid groups (broad SMARTS) is 1. The molecule has 1 aromatic carbocycles. The quantitative estimate of drug-likeness (QED) is 0.693. The highest BCUT2D eigenvalue weighted by Crippen LogP contribution is 2.37. The number of aromatic nitrogens is 1. The van der Waals surface area contributed by atoms with E-state index in [-0.39, 0.29) is 5.91 Å². The Morgan fingerprint density at radius 1 is 1.29 bits per heavy atom. The zero-order chi connectivity index (χ0) is 20.8. The van der Waals surface area contributed by atoms with Crippen LogP contribution in [-0.2, 0) is 9.59 Å². The predicted molar refractivity (Wildman–Crippen MR) is 96.8 cm³/mol. The Morgan fingerprint density at radius 3 is 2.54 bits per heavy atom. The van der Waals surface area contributed by atoms with E-state index in [2.05, 4.69) is 26.4 Å². The third kappa shape index (κ3) is 6.31. The summed E-state index contributed by atoms with van der Waals surface area (Å²) in [5.41, 5.74) is 3.06. The lowest BCUT2D eigenvalue weighted by Crippen LogP contribution is -2.21. The zero-order valence-electron chi connectivity index (χ0n) is 14.4. The first-order valence-electron chi connectivity index (χ1n) is 7.96. The van der Waals surface area contributed by atoms with Crippen molar-refractivity contribution in [2.24, 2.45) is 10.2 Å². The Labute approximate surface area is 161 Å². The molecule has 148 valence electrons. The Hall–Kier alpha value is -3.00. The van der Waals surface area contributed by atoms with Gasteiger partial charge < -0.3 is 10.4 Å². The number of carboxylic acids is 1. The van der Waals surface area contributed by atoms with Crippen molar-refractivity contribution in [1.29, 1.82) is 0 Å². The van der Waals surface area contributed by atoms with Gasteiger partial charge in [0.05, 0.1) is 15.7 Å². The van der Waals surface area contributed by atoms with E-state index < -0.39 is 17.8 Å². The Kier molecular flexibility index (Phi) is 6.69. The molecule has 3 rings (SSSR count). The molecular weight excluding hydrogens is 397 g/mol. The van der Waals surface area contributed by atoms with Crippen molar-refractivity contribution in [3.8, 4) is 12.3 Å². The number of nitrogens with zero attached hydrogens (tertiary/aromatic N) is 3. The molecule has 7 nitrogen and oxygen atoms in total. The van der Waals surface area contributed by atoms with E-state index in [4.69, 9.17) is 16.3 Å². The summed E-state index contributed by atoms with van der Waals surface area (Å²) in [5.74, 6) is -0.218. The molecule has 0 radical (unpaired) electrons. The van der Waals surface area contributed by atoms with Crippen LogP contribution in [0.1, 0.15) is 25.7 Å². The number of halogens is 3. The summed E-state index contributed by atoms with van der Waals surface area (Å²) < 4.78 is 32.8. The summed E-state index contributed by atoms with van der Waals surface area (Å²) in [6.45, 7) is 0. The van der Waals surface area contributed by atoms with Crippen molar-refractivity contribution in [3.05, 3.63) is 23.7 Å². The minimum atomic E-state index is -5.08. The molecule has 1 aliphatic heterocycles. The molecule has 0 spiro atoms. The van der Waals surface area contributed by atoms with Crippen molar-refractivity contribution < 1.29 is 27.9 Å². The molecule has 1 amide bonds. The standard InChI is InChI=1S/C15H14N4OS.C2HF3O2/c1-2-3-7-15(18-19-15)8-6-14(20)17-11-4-5-13-12(9-11)16-10-21-13;3-2(4,5)1(6)7/h1,4-5,9-10H,3,6-8H2,(H,17,20);(H,6,7). The summed E-state index contributed by atoms with van der Waals surface area (Å²) in [4.78, 5) is 25.1. The molecular formula is C17H15F3N4O3S. The van der Waals surface area contributed by atoms with Crippen LogP contribution in [0.25, 0.3) is 10.2 Å². The number of carbonyl (C=O) groups is 2. The number of thiazole rings is 1. The van der Waals surface area contributed by atoms with E-state index in [1.165, 1.54) is 0 Å². The number of amides is 1. The smallest absolute Gasteiger partial charge is 0.475 e. The third-order valence-corrected chi connectivity index (χ3v) is 4.47. The van der Waals surface area contributed by atoms with E-state index in [1.54, 1.807) is 16.8 Å². The van der Waals surface area contributed by atoms with Crippen molar-refractivity contribution in [2.75, 3.05) is 5.32 Å². The minimum absolute atomic E-state index is 0.0398. The number of terminal acetylenes is 1. The largest absolute Gasteiger partial charge is 0.490 e. The Balaban J connectivity index is 0.000000345. The van der Waals surface area contributed by atoms with Gasteiger partial charge in [0.25, 0.3) is 0 Å². The van der Waals surface area contributed by atoms with Gasteiger partial charge in [0.1, 0.15) is 0 Å². The zero-order valence-corrected chi connectivity index (χ0v) is 15.2. The molecule has 28 heavy (non-hydrogen) atoms. The topological polar surface area (TPSA) is 104 Å². The van der Waals surface area contributed by atoms with Crippen LogP contribution in [0.4, 0.5) is 18.9 Å². The maximum atomic E-state index is 12.0. The molecule has 2 aromatic rings. The average Bonchev–Trinajstić information content (AvgIpc) is 3.25. The van der Waals surface area contributed by atoms with E-state index >= 15 is 0 Å². The number of rotatable bonds is 6. The minimum Gasteiger partial charge on any atom is -0.475 e. The summed E-state index contributed by atoms with van der Waals surface area (Å²) in [6, 6.07) is 5.73. The van der Waals surface area contributed by atoms with Crippen LogP contribution in [0.3, 0.4) is 0 Å². The van der Waals surface area contributed by atoms with Gasteiger partial charge in [-0.1, -0.05) is 0 Å². The number of alkyl halides is 3. The molecule has 0 saturated carbocycles. The normalized spacial score (nSPS) is 13.9. The van der Waals surface area contributed by atoms with E-state index in [0.717, 1.165) is 22.3 Å². The van der Waals surface area contributed by atoms with Crippen LogP contribution in [0.15, 0.2) is 33.9 Å². The second-order valence-corrected chi connectivity index (χ2v) is 6.66. The second-order valence-electron chi connectivity index (χ2n) is 5.77. The first kappa shape index (κ1) is 21.3. The van der Waals surface area contributed by atoms with Crippen molar-refractivity contribution in [2.45, 2.75) is 37.5 Å². The van der Waals surface area contributed by atoms with Crippen molar-refractivity contribution in [1.82, 2.24) is 4.98 Å². The second kappa shape index (κ2) is 8.79. The lowest BCUT2D eigenvalue weighted by atomic mass is 10.0. The fourth-order valence-electron chi connectivity index (χ4n) is 2.14. The number of benzene rings is 1. The monoisotopic (exact) mass is 412 g/mol. The van der Waals surface area contributed by atoms with Crippen molar-refractivity contribution in [3.63, 3.8) is 0 Å². The van der Waals surface area contributed by atoms with Gasteiger partial charge in [0.2, 0.25) is 5.91 Å². The summed E-state index contributed by atoms with van der Waals surface area (Å²) >= 11 is 1.58. The number of nitrogens with one attached hydrogen (secondary N) is 1. The maximum absolute atomic E-state index is 12.0. The van der Waals surface area contributed by atoms with E-state index in [0.29, 0.717) is 19.3 Å². The van der Waals surface area contributed by atoms with Crippen molar-refractivity contribution >= 4 is 39.1 Å². The summed E-state index contributed by atoms with van der Waals surface area (Å²) in [7, 11) is 0. The van der Waals surface area contributed by atoms with E-state index in [9.17, 15) is 18.0 Å². The van der Waals surface area contributed by atoms with Crippen LogP contribution < -0.4 is 5.32 Å². The van der Waals surface area contributed by atoms with Gasteiger partial charge in [0.15, 0.2) is 5.66 Å². The highest BCUT2D eigenvalue weighted by molar-refractivity contribution is 7.16. The molecule has 11 heteroatoms. The first-order valence-corrected chi connectivity index (χ1v) is 8.84. The third-order valence-electron chi connectivity index (χ3n) is 3.66. The average molecular weight is 412 g/mol. The molecule has 0 unspecified atom stereocenters. The van der Waals surface area contributed by atoms with Crippen LogP contribution >= 0.6 is 11.3 Å². The van der Waals surface area contributed by atoms with Gasteiger partial charge in [0, 0.05) is 31.4 Å². The molecule has 0 saturated heterocycles. The molecule has 1 aliphatic rings. The number of fused-ring (bicyclic) bond motifs is 1. The number of carbonyl (C=O) groups excluding carboxylic acids is 1. The van der Waals surface area contributed by atoms with Crippen LogP contribution in [-0.4, -0.2) is 33.8 Å². The van der Waals surface area contributed by atoms with Crippen LogP contribution in [0.5, 0.6) is 0 Å². The SMILES string of the molecule is C#CCCC1(CCC(=O)Nc2ccc3scnc3c2)N=N1.O=C(O)C(F)(F)F. The Bertz CT molecular complexity index is 928. The van der Waals surface area contributed by atoms with Crippen LogP contribution in [0.2, 0.25) is 0 Å².